The monoisotopic (exact) mass is 362 g/mol. The minimum absolute atomic E-state index is 0.192. The SMILES string of the molecule is Cc1ccc(NC(=O)CN(C(C)C)S(C)(=O)=O)cc1Br. The zero-order valence-corrected chi connectivity index (χ0v) is 14.4. The molecule has 1 rings (SSSR count). The van der Waals surface area contributed by atoms with Crippen molar-refractivity contribution in [3.05, 3.63) is 28.2 Å². The molecule has 0 bridgehead atoms. The van der Waals surface area contributed by atoms with Crippen LogP contribution in [0.4, 0.5) is 5.69 Å². The molecule has 0 atom stereocenters. The number of rotatable bonds is 5. The number of aryl methyl sites for hydroxylation is 1. The van der Waals surface area contributed by atoms with Crippen molar-refractivity contribution in [3.63, 3.8) is 0 Å². The highest BCUT2D eigenvalue weighted by molar-refractivity contribution is 9.10. The van der Waals surface area contributed by atoms with Gasteiger partial charge in [-0.25, -0.2) is 8.42 Å². The Bertz CT molecular complexity index is 600. The van der Waals surface area contributed by atoms with Crippen molar-refractivity contribution in [1.29, 1.82) is 0 Å². The summed E-state index contributed by atoms with van der Waals surface area (Å²) in [7, 11) is -3.40. The number of carbonyl (C=O) groups is 1. The van der Waals surface area contributed by atoms with Crippen LogP contribution in [-0.4, -0.2) is 37.5 Å². The molecule has 0 spiro atoms. The van der Waals surface area contributed by atoms with Gasteiger partial charge in [-0.2, -0.15) is 4.31 Å². The molecular weight excluding hydrogens is 344 g/mol. The van der Waals surface area contributed by atoms with Gasteiger partial charge < -0.3 is 5.32 Å². The quantitative estimate of drug-likeness (QED) is 0.874. The Hall–Kier alpha value is -0.920. The van der Waals surface area contributed by atoms with E-state index in [4.69, 9.17) is 0 Å². The molecule has 0 aliphatic heterocycles. The molecule has 20 heavy (non-hydrogen) atoms. The maximum atomic E-state index is 11.9. The van der Waals surface area contributed by atoms with E-state index in [-0.39, 0.29) is 18.5 Å². The van der Waals surface area contributed by atoms with E-state index in [9.17, 15) is 13.2 Å². The van der Waals surface area contributed by atoms with E-state index < -0.39 is 10.0 Å². The van der Waals surface area contributed by atoms with Crippen molar-refractivity contribution < 1.29 is 13.2 Å². The molecule has 0 aliphatic rings. The van der Waals surface area contributed by atoms with Gasteiger partial charge in [0, 0.05) is 16.2 Å². The summed E-state index contributed by atoms with van der Waals surface area (Å²) in [5.74, 6) is -0.361. The number of anilines is 1. The van der Waals surface area contributed by atoms with E-state index in [1.54, 1.807) is 26.0 Å². The number of sulfonamides is 1. The molecule has 0 aliphatic carbocycles. The van der Waals surface area contributed by atoms with Crippen molar-refractivity contribution in [3.8, 4) is 0 Å². The Labute approximate surface area is 128 Å². The third kappa shape index (κ3) is 4.88. The molecule has 0 aromatic heterocycles. The van der Waals surface area contributed by atoms with E-state index in [2.05, 4.69) is 21.2 Å². The molecule has 0 saturated heterocycles. The second-order valence-corrected chi connectivity index (χ2v) is 7.70. The predicted octanol–water partition coefficient (Wildman–Crippen LogP) is 2.37. The third-order valence-corrected chi connectivity index (χ3v) is 5.01. The Kier molecular flexibility index (Phi) is 5.73. The van der Waals surface area contributed by atoms with E-state index in [0.29, 0.717) is 5.69 Å². The first-order chi connectivity index (χ1) is 9.11. The lowest BCUT2D eigenvalue weighted by Crippen LogP contribution is -2.41. The van der Waals surface area contributed by atoms with E-state index >= 15 is 0 Å². The summed E-state index contributed by atoms with van der Waals surface area (Å²) in [6.07, 6.45) is 1.10. The van der Waals surface area contributed by atoms with Crippen LogP contribution in [0.1, 0.15) is 19.4 Å². The van der Waals surface area contributed by atoms with Crippen molar-refractivity contribution in [1.82, 2.24) is 4.31 Å². The number of nitrogens with zero attached hydrogens (tertiary/aromatic N) is 1. The molecule has 0 fully saturated rings. The van der Waals surface area contributed by atoms with Gasteiger partial charge in [0.05, 0.1) is 12.8 Å². The fourth-order valence-electron chi connectivity index (χ4n) is 1.70. The number of halogens is 1. The lowest BCUT2D eigenvalue weighted by atomic mass is 10.2. The number of benzene rings is 1. The van der Waals surface area contributed by atoms with Gasteiger partial charge in [-0.15, -0.1) is 0 Å². The van der Waals surface area contributed by atoms with Gasteiger partial charge in [0.15, 0.2) is 0 Å². The molecule has 0 unspecified atom stereocenters. The first-order valence-electron chi connectivity index (χ1n) is 6.14. The zero-order valence-electron chi connectivity index (χ0n) is 12.0. The maximum Gasteiger partial charge on any atom is 0.239 e. The molecule has 0 heterocycles. The molecule has 1 aromatic rings. The van der Waals surface area contributed by atoms with Crippen LogP contribution >= 0.6 is 15.9 Å². The Morgan fingerprint density at radius 2 is 2.00 bits per heavy atom. The van der Waals surface area contributed by atoms with Crippen molar-refractivity contribution in [2.24, 2.45) is 0 Å². The molecular formula is C13H19BrN2O3S. The van der Waals surface area contributed by atoms with Gasteiger partial charge in [-0.05, 0) is 38.5 Å². The zero-order chi connectivity index (χ0) is 15.5. The number of nitrogens with one attached hydrogen (secondary N) is 1. The fourth-order valence-corrected chi connectivity index (χ4v) is 3.19. The Balaban J connectivity index is 2.78. The van der Waals surface area contributed by atoms with Crippen molar-refractivity contribution in [2.45, 2.75) is 26.8 Å². The average Bonchev–Trinajstić information content (AvgIpc) is 2.29. The molecule has 0 radical (unpaired) electrons. The largest absolute Gasteiger partial charge is 0.325 e. The summed E-state index contributed by atoms with van der Waals surface area (Å²) in [6, 6.07) is 5.17. The predicted molar refractivity (Wildman–Crippen MR) is 84.2 cm³/mol. The highest BCUT2D eigenvalue weighted by Crippen LogP contribution is 2.20. The van der Waals surface area contributed by atoms with Crippen LogP contribution in [0.2, 0.25) is 0 Å². The lowest BCUT2D eigenvalue weighted by molar-refractivity contribution is -0.116. The van der Waals surface area contributed by atoms with Crippen LogP contribution in [0.25, 0.3) is 0 Å². The Morgan fingerprint density at radius 3 is 2.45 bits per heavy atom. The van der Waals surface area contributed by atoms with Gasteiger partial charge in [0.1, 0.15) is 0 Å². The number of hydrogen-bond acceptors (Lipinski definition) is 3. The van der Waals surface area contributed by atoms with Crippen LogP contribution in [0.5, 0.6) is 0 Å². The van der Waals surface area contributed by atoms with Crippen LogP contribution in [0.3, 0.4) is 0 Å². The molecule has 1 amide bonds. The number of hydrogen-bond donors (Lipinski definition) is 1. The highest BCUT2D eigenvalue weighted by atomic mass is 79.9. The average molecular weight is 363 g/mol. The van der Waals surface area contributed by atoms with E-state index in [1.807, 2.05) is 13.0 Å². The fraction of sp³-hybridized carbons (Fsp3) is 0.462. The molecule has 1 N–H and O–H groups in total. The summed E-state index contributed by atoms with van der Waals surface area (Å²) < 4.78 is 25.2. The van der Waals surface area contributed by atoms with Crippen LogP contribution < -0.4 is 5.32 Å². The summed E-state index contributed by atoms with van der Waals surface area (Å²) in [5, 5.41) is 2.69. The highest BCUT2D eigenvalue weighted by Gasteiger charge is 2.23. The Morgan fingerprint density at radius 1 is 1.40 bits per heavy atom. The number of amides is 1. The van der Waals surface area contributed by atoms with E-state index in [0.717, 1.165) is 20.6 Å². The summed E-state index contributed by atoms with van der Waals surface area (Å²) >= 11 is 3.38. The minimum atomic E-state index is -3.40. The van der Waals surface area contributed by atoms with Crippen molar-refractivity contribution >= 4 is 37.5 Å². The first-order valence-corrected chi connectivity index (χ1v) is 8.78. The van der Waals surface area contributed by atoms with Gasteiger partial charge in [-0.3, -0.25) is 4.79 Å². The minimum Gasteiger partial charge on any atom is -0.325 e. The first kappa shape index (κ1) is 17.1. The van der Waals surface area contributed by atoms with Gasteiger partial charge >= 0.3 is 0 Å². The molecule has 112 valence electrons. The molecule has 0 saturated carbocycles. The second kappa shape index (κ2) is 6.69. The van der Waals surface area contributed by atoms with Gasteiger partial charge in [0.25, 0.3) is 0 Å². The van der Waals surface area contributed by atoms with Crippen LogP contribution in [0, 0.1) is 6.92 Å². The molecule has 1 aromatic carbocycles. The topological polar surface area (TPSA) is 66.5 Å². The standard InChI is InChI=1S/C13H19BrN2O3S/c1-9(2)16(20(4,18)19)8-13(17)15-11-6-5-10(3)12(14)7-11/h5-7,9H,8H2,1-4H3,(H,15,17). The number of carbonyl (C=O) groups excluding carboxylic acids is 1. The maximum absolute atomic E-state index is 11.9. The van der Waals surface area contributed by atoms with Crippen LogP contribution in [0.15, 0.2) is 22.7 Å². The summed E-state index contributed by atoms with van der Waals surface area (Å²) in [5.41, 5.74) is 1.69. The second-order valence-electron chi connectivity index (χ2n) is 4.91. The van der Waals surface area contributed by atoms with Gasteiger partial charge in [-0.1, -0.05) is 22.0 Å². The summed E-state index contributed by atoms with van der Waals surface area (Å²) in [6.45, 7) is 5.22. The molecule has 7 heteroatoms. The van der Waals surface area contributed by atoms with Crippen LogP contribution in [-0.2, 0) is 14.8 Å². The lowest BCUT2D eigenvalue weighted by Gasteiger charge is -2.23. The van der Waals surface area contributed by atoms with E-state index in [1.165, 1.54) is 0 Å². The molecule has 5 nitrogen and oxygen atoms in total. The smallest absolute Gasteiger partial charge is 0.239 e. The third-order valence-electron chi connectivity index (χ3n) is 2.76. The normalized spacial score (nSPS) is 11.9. The van der Waals surface area contributed by atoms with Crippen molar-refractivity contribution in [2.75, 3.05) is 18.1 Å². The van der Waals surface area contributed by atoms with Gasteiger partial charge in [0.2, 0.25) is 15.9 Å². The summed E-state index contributed by atoms with van der Waals surface area (Å²) in [4.78, 5) is 11.9.